The van der Waals surface area contributed by atoms with Gasteiger partial charge in [-0.1, -0.05) is 18.2 Å². The minimum atomic E-state index is -0.254. The number of fused-ring (bicyclic) bond motifs is 2. The maximum absolute atomic E-state index is 12.9. The highest BCUT2D eigenvalue weighted by Gasteiger charge is 2.46. The van der Waals surface area contributed by atoms with Gasteiger partial charge in [0.15, 0.2) is 0 Å². The van der Waals surface area contributed by atoms with Crippen molar-refractivity contribution in [3.8, 4) is 0 Å². The van der Waals surface area contributed by atoms with Crippen LogP contribution in [0.5, 0.6) is 0 Å². The molecular weight excluding hydrogens is 366 g/mol. The molecule has 7 nitrogen and oxygen atoms in total. The molecule has 0 bridgehead atoms. The fraction of sp³-hybridized carbons (Fsp3) is 0.500. The van der Waals surface area contributed by atoms with Crippen molar-refractivity contribution in [2.24, 2.45) is 5.92 Å². The first-order valence-electron chi connectivity index (χ1n) is 10.4. The van der Waals surface area contributed by atoms with Crippen molar-refractivity contribution < 1.29 is 9.53 Å². The van der Waals surface area contributed by atoms with Crippen molar-refractivity contribution in [1.82, 2.24) is 14.9 Å². The second kappa shape index (κ2) is 7.30. The van der Waals surface area contributed by atoms with Gasteiger partial charge in [0.05, 0.1) is 24.3 Å². The third-order valence-corrected chi connectivity index (χ3v) is 6.28. The fourth-order valence-electron chi connectivity index (χ4n) is 4.30. The van der Waals surface area contributed by atoms with E-state index < -0.39 is 0 Å². The molecule has 1 aromatic heterocycles. The normalized spacial score (nSPS) is 23.1. The summed E-state index contributed by atoms with van der Waals surface area (Å²) >= 11 is 0. The Morgan fingerprint density at radius 2 is 2.21 bits per heavy atom. The first kappa shape index (κ1) is 18.4. The molecule has 1 atom stereocenters. The molecule has 3 aliphatic rings. The largest absolute Gasteiger partial charge is 0.376 e. The number of amides is 2. The molecule has 2 fully saturated rings. The van der Waals surface area contributed by atoms with Crippen molar-refractivity contribution in [1.29, 1.82) is 0 Å². The fourth-order valence-corrected chi connectivity index (χ4v) is 4.30. The number of aromatic nitrogens is 2. The van der Waals surface area contributed by atoms with Crippen LogP contribution in [0.25, 0.3) is 0 Å². The highest BCUT2D eigenvalue weighted by molar-refractivity contribution is 5.90. The second-order valence-electron chi connectivity index (χ2n) is 8.58. The molecule has 1 saturated heterocycles. The molecular formula is C22H27N5O2. The van der Waals surface area contributed by atoms with Crippen LogP contribution in [-0.2, 0) is 16.8 Å². The zero-order valence-electron chi connectivity index (χ0n) is 16.8. The van der Waals surface area contributed by atoms with Crippen LogP contribution >= 0.6 is 0 Å². The van der Waals surface area contributed by atoms with Gasteiger partial charge in [0, 0.05) is 37.1 Å². The van der Waals surface area contributed by atoms with Crippen LogP contribution in [-0.4, -0.2) is 47.1 Å². The number of urea groups is 1. The summed E-state index contributed by atoms with van der Waals surface area (Å²) in [6, 6.07) is 7.78. The van der Waals surface area contributed by atoms with Crippen LogP contribution in [0.4, 0.5) is 16.4 Å². The van der Waals surface area contributed by atoms with E-state index in [1.165, 1.54) is 12.8 Å². The summed E-state index contributed by atoms with van der Waals surface area (Å²) in [5.41, 5.74) is 3.74. The molecule has 1 saturated carbocycles. The van der Waals surface area contributed by atoms with Crippen LogP contribution < -0.4 is 10.6 Å². The Bertz CT molecular complexity index is 929. The van der Waals surface area contributed by atoms with Gasteiger partial charge in [0.25, 0.3) is 0 Å². The van der Waals surface area contributed by atoms with E-state index in [1.807, 2.05) is 42.3 Å². The summed E-state index contributed by atoms with van der Waals surface area (Å²) in [4.78, 5) is 24.1. The smallest absolute Gasteiger partial charge is 0.321 e. The van der Waals surface area contributed by atoms with Gasteiger partial charge in [-0.05, 0) is 43.7 Å². The van der Waals surface area contributed by atoms with Crippen LogP contribution in [0.3, 0.4) is 0 Å². The number of likely N-dealkylation sites (tertiary alicyclic amines) is 1. The maximum atomic E-state index is 12.9. The van der Waals surface area contributed by atoms with Crippen LogP contribution in [0.15, 0.2) is 30.5 Å². The molecule has 1 spiro atoms. The average Bonchev–Trinajstić information content (AvgIpc) is 3.47. The van der Waals surface area contributed by atoms with Gasteiger partial charge < -0.3 is 20.3 Å². The number of hydrogen-bond donors (Lipinski definition) is 2. The van der Waals surface area contributed by atoms with Crippen molar-refractivity contribution >= 4 is 17.7 Å². The Hall–Kier alpha value is -2.67. The zero-order chi connectivity index (χ0) is 19.8. The first-order valence-corrected chi connectivity index (χ1v) is 10.4. The molecule has 1 aliphatic carbocycles. The van der Waals surface area contributed by atoms with E-state index in [2.05, 4.69) is 15.6 Å². The number of anilines is 2. The lowest BCUT2D eigenvalue weighted by atomic mass is 9.81. The zero-order valence-corrected chi connectivity index (χ0v) is 16.8. The Morgan fingerprint density at radius 1 is 1.34 bits per heavy atom. The van der Waals surface area contributed by atoms with Crippen molar-refractivity contribution in [2.45, 2.75) is 38.2 Å². The van der Waals surface area contributed by atoms with E-state index in [9.17, 15) is 4.79 Å². The quantitative estimate of drug-likeness (QED) is 0.833. The van der Waals surface area contributed by atoms with E-state index in [1.54, 1.807) is 0 Å². The molecule has 152 valence electrons. The highest BCUT2D eigenvalue weighted by atomic mass is 16.5. The molecule has 2 N–H and O–H groups in total. The van der Waals surface area contributed by atoms with Crippen LogP contribution in [0.2, 0.25) is 0 Å². The number of rotatable bonds is 4. The van der Waals surface area contributed by atoms with Crippen molar-refractivity contribution in [3.63, 3.8) is 0 Å². The summed E-state index contributed by atoms with van der Waals surface area (Å²) in [5, 5.41) is 6.43. The van der Waals surface area contributed by atoms with E-state index in [0.717, 1.165) is 41.4 Å². The summed E-state index contributed by atoms with van der Waals surface area (Å²) < 4.78 is 5.89. The third-order valence-electron chi connectivity index (χ3n) is 6.28. The van der Waals surface area contributed by atoms with Gasteiger partial charge in [0.1, 0.15) is 0 Å². The molecule has 0 radical (unpaired) electrons. The predicted octanol–water partition coefficient (Wildman–Crippen LogP) is 3.31. The SMILES string of the molecule is Cc1ccccc1NC(=O)N1CC[C@]2(COCc3cnc(NCC4CC4)nc32)C1. The molecule has 3 heterocycles. The van der Waals surface area contributed by atoms with E-state index in [0.29, 0.717) is 32.3 Å². The summed E-state index contributed by atoms with van der Waals surface area (Å²) in [6.45, 7) is 5.36. The molecule has 2 aromatic rings. The molecule has 2 aliphatic heterocycles. The van der Waals surface area contributed by atoms with Gasteiger partial charge >= 0.3 is 6.03 Å². The molecule has 5 rings (SSSR count). The van der Waals surface area contributed by atoms with Crippen LogP contribution in [0, 0.1) is 12.8 Å². The summed E-state index contributed by atoms with van der Waals surface area (Å²) in [5.74, 6) is 1.46. The Morgan fingerprint density at radius 3 is 3.03 bits per heavy atom. The number of carbonyl (C=O) groups excluding carboxylic acids is 1. The van der Waals surface area contributed by atoms with Gasteiger partial charge in [-0.25, -0.2) is 14.8 Å². The standard InChI is InChI=1S/C22H27N5O2/c1-15-4-2-3-5-18(15)25-21(28)27-9-8-22(13-27)14-29-12-17-11-24-20(26-19(17)22)23-10-16-6-7-16/h2-5,11,16H,6-10,12-14H2,1H3,(H,25,28)(H,23,24,26)/t22-/m1/s1. The van der Waals surface area contributed by atoms with Crippen LogP contribution in [0.1, 0.15) is 36.1 Å². The lowest BCUT2D eigenvalue weighted by Crippen LogP contribution is -2.42. The number of ether oxygens (including phenoxy) is 1. The lowest BCUT2D eigenvalue weighted by molar-refractivity contribution is 0.0521. The number of carbonyl (C=O) groups is 1. The predicted molar refractivity (Wildman–Crippen MR) is 111 cm³/mol. The topological polar surface area (TPSA) is 79.4 Å². The van der Waals surface area contributed by atoms with E-state index in [-0.39, 0.29) is 11.4 Å². The minimum Gasteiger partial charge on any atom is -0.376 e. The number of benzene rings is 1. The average molecular weight is 393 g/mol. The molecule has 1 aromatic carbocycles. The second-order valence-corrected chi connectivity index (χ2v) is 8.58. The molecule has 29 heavy (non-hydrogen) atoms. The third kappa shape index (κ3) is 3.67. The Kier molecular flexibility index (Phi) is 4.62. The van der Waals surface area contributed by atoms with Gasteiger partial charge in [-0.2, -0.15) is 0 Å². The monoisotopic (exact) mass is 393 g/mol. The molecule has 0 unspecified atom stereocenters. The summed E-state index contributed by atoms with van der Waals surface area (Å²) in [7, 11) is 0. The Balaban J connectivity index is 1.33. The highest BCUT2D eigenvalue weighted by Crippen LogP contribution is 2.39. The van der Waals surface area contributed by atoms with Gasteiger partial charge in [-0.3, -0.25) is 0 Å². The van der Waals surface area contributed by atoms with Gasteiger partial charge in [-0.15, -0.1) is 0 Å². The van der Waals surface area contributed by atoms with E-state index in [4.69, 9.17) is 9.72 Å². The maximum Gasteiger partial charge on any atom is 0.321 e. The summed E-state index contributed by atoms with van der Waals surface area (Å²) in [6.07, 6.45) is 5.32. The van der Waals surface area contributed by atoms with Crippen molar-refractivity contribution in [2.75, 3.05) is 36.9 Å². The van der Waals surface area contributed by atoms with Gasteiger partial charge in [0.2, 0.25) is 5.95 Å². The molecule has 2 amide bonds. The van der Waals surface area contributed by atoms with E-state index >= 15 is 0 Å². The lowest BCUT2D eigenvalue weighted by Gasteiger charge is -2.34. The van der Waals surface area contributed by atoms with Crippen molar-refractivity contribution in [3.05, 3.63) is 47.3 Å². The Labute approximate surface area is 170 Å². The number of nitrogens with zero attached hydrogens (tertiary/aromatic N) is 3. The number of aryl methyl sites for hydroxylation is 1. The number of nitrogens with one attached hydrogen (secondary N) is 2. The number of para-hydroxylation sites is 1. The molecule has 7 heteroatoms. The first-order chi connectivity index (χ1) is 14.1. The minimum absolute atomic E-state index is 0.0653. The number of hydrogen-bond acceptors (Lipinski definition) is 5.